The van der Waals surface area contributed by atoms with Gasteiger partial charge in [0.15, 0.2) is 0 Å². The SMILES string of the molecule is CCC(C1CC2C=CC1C2)C(C)(C)Cl. The van der Waals surface area contributed by atoms with Gasteiger partial charge in [-0.25, -0.2) is 0 Å². The first kappa shape index (κ1) is 10.5. The predicted molar refractivity (Wildman–Crippen MR) is 62.6 cm³/mol. The maximum absolute atomic E-state index is 6.49. The lowest BCUT2D eigenvalue weighted by Gasteiger charge is -2.36. The molecule has 0 aromatic rings. The molecular weight excluding hydrogens is 192 g/mol. The van der Waals surface area contributed by atoms with E-state index in [4.69, 9.17) is 11.6 Å². The summed E-state index contributed by atoms with van der Waals surface area (Å²) in [5.74, 6) is 3.24. The van der Waals surface area contributed by atoms with E-state index in [0.717, 1.165) is 17.8 Å². The first-order chi connectivity index (χ1) is 6.52. The van der Waals surface area contributed by atoms with Crippen molar-refractivity contribution in [2.75, 3.05) is 0 Å². The molecule has 0 aromatic carbocycles. The molecule has 1 fully saturated rings. The highest BCUT2D eigenvalue weighted by Crippen LogP contribution is 2.51. The molecule has 1 saturated carbocycles. The number of alkyl halides is 1. The van der Waals surface area contributed by atoms with Crippen LogP contribution in [0, 0.1) is 23.7 Å². The molecule has 0 saturated heterocycles. The highest BCUT2D eigenvalue weighted by atomic mass is 35.5. The van der Waals surface area contributed by atoms with E-state index in [9.17, 15) is 0 Å². The van der Waals surface area contributed by atoms with Gasteiger partial charge in [-0.2, -0.15) is 0 Å². The molecule has 0 amide bonds. The number of hydrogen-bond acceptors (Lipinski definition) is 0. The van der Waals surface area contributed by atoms with E-state index < -0.39 is 0 Å². The van der Waals surface area contributed by atoms with E-state index in [0.29, 0.717) is 5.92 Å². The second-order valence-corrected chi connectivity index (χ2v) is 6.50. The fourth-order valence-corrected chi connectivity index (χ4v) is 3.90. The summed E-state index contributed by atoms with van der Waals surface area (Å²) in [5.41, 5.74) is 0. The van der Waals surface area contributed by atoms with E-state index in [2.05, 4.69) is 32.9 Å². The van der Waals surface area contributed by atoms with Crippen LogP contribution in [0.4, 0.5) is 0 Å². The molecule has 0 nitrogen and oxygen atoms in total. The number of halogens is 1. The van der Waals surface area contributed by atoms with Crippen LogP contribution in [0.5, 0.6) is 0 Å². The zero-order chi connectivity index (χ0) is 10.3. The number of allylic oxidation sites excluding steroid dienone is 2. The summed E-state index contributed by atoms with van der Waals surface area (Å²) >= 11 is 6.49. The first-order valence-electron chi connectivity index (χ1n) is 5.89. The van der Waals surface area contributed by atoms with Crippen molar-refractivity contribution < 1.29 is 0 Å². The molecule has 2 rings (SSSR count). The number of fused-ring (bicyclic) bond motifs is 2. The van der Waals surface area contributed by atoms with Gasteiger partial charge in [-0.3, -0.25) is 0 Å². The second kappa shape index (κ2) is 3.56. The molecule has 2 aliphatic carbocycles. The highest BCUT2D eigenvalue weighted by Gasteiger charge is 2.43. The third-order valence-electron chi connectivity index (χ3n) is 4.17. The van der Waals surface area contributed by atoms with Crippen molar-refractivity contribution in [1.29, 1.82) is 0 Å². The van der Waals surface area contributed by atoms with Gasteiger partial charge >= 0.3 is 0 Å². The van der Waals surface area contributed by atoms with Crippen LogP contribution >= 0.6 is 11.6 Å². The van der Waals surface area contributed by atoms with E-state index >= 15 is 0 Å². The molecule has 0 heterocycles. The zero-order valence-corrected chi connectivity index (χ0v) is 10.2. The van der Waals surface area contributed by atoms with Gasteiger partial charge in [0, 0.05) is 4.87 Å². The van der Waals surface area contributed by atoms with E-state index in [1.807, 2.05) is 0 Å². The first-order valence-corrected chi connectivity index (χ1v) is 6.27. The number of hydrogen-bond donors (Lipinski definition) is 0. The monoisotopic (exact) mass is 212 g/mol. The number of rotatable bonds is 3. The van der Waals surface area contributed by atoms with Crippen LogP contribution < -0.4 is 0 Å². The molecule has 14 heavy (non-hydrogen) atoms. The lowest BCUT2D eigenvalue weighted by atomic mass is 9.74. The molecule has 2 aliphatic rings. The Balaban J connectivity index is 2.10. The molecule has 1 heteroatoms. The van der Waals surface area contributed by atoms with E-state index in [-0.39, 0.29) is 4.87 Å². The Morgan fingerprint density at radius 3 is 2.43 bits per heavy atom. The van der Waals surface area contributed by atoms with Gasteiger partial charge < -0.3 is 0 Å². The van der Waals surface area contributed by atoms with Crippen LogP contribution in [-0.2, 0) is 0 Å². The smallest absolute Gasteiger partial charge is 0.0421 e. The van der Waals surface area contributed by atoms with Crippen LogP contribution in [0.15, 0.2) is 12.2 Å². The minimum absolute atomic E-state index is 0.0300. The molecule has 4 atom stereocenters. The average molecular weight is 213 g/mol. The van der Waals surface area contributed by atoms with Gasteiger partial charge in [0.1, 0.15) is 0 Å². The minimum Gasteiger partial charge on any atom is -0.120 e. The molecule has 80 valence electrons. The van der Waals surface area contributed by atoms with Crippen molar-refractivity contribution in [2.45, 2.75) is 44.9 Å². The van der Waals surface area contributed by atoms with Crippen LogP contribution in [0.3, 0.4) is 0 Å². The van der Waals surface area contributed by atoms with Crippen molar-refractivity contribution in [3.63, 3.8) is 0 Å². The normalized spacial score (nSPS) is 37.9. The largest absolute Gasteiger partial charge is 0.120 e. The predicted octanol–water partition coefficient (Wildman–Crippen LogP) is 4.24. The zero-order valence-electron chi connectivity index (χ0n) is 9.46. The highest BCUT2D eigenvalue weighted by molar-refractivity contribution is 6.23. The summed E-state index contributed by atoms with van der Waals surface area (Å²) in [6.07, 6.45) is 8.85. The van der Waals surface area contributed by atoms with Crippen molar-refractivity contribution in [3.05, 3.63) is 12.2 Å². The molecular formula is C13H21Cl. The Kier molecular flexibility index (Phi) is 2.68. The van der Waals surface area contributed by atoms with Crippen LogP contribution in [-0.4, -0.2) is 4.87 Å². The Hall–Kier alpha value is 0.0300. The summed E-state index contributed by atoms with van der Waals surface area (Å²) in [6, 6.07) is 0. The van der Waals surface area contributed by atoms with Crippen LogP contribution in [0.2, 0.25) is 0 Å². The topological polar surface area (TPSA) is 0 Å². The maximum atomic E-state index is 6.49. The lowest BCUT2D eigenvalue weighted by molar-refractivity contribution is 0.231. The van der Waals surface area contributed by atoms with E-state index in [1.165, 1.54) is 19.3 Å². The summed E-state index contributed by atoms with van der Waals surface area (Å²) < 4.78 is 0. The third-order valence-corrected chi connectivity index (χ3v) is 4.45. The molecule has 0 spiro atoms. The molecule has 0 radical (unpaired) electrons. The van der Waals surface area contributed by atoms with Crippen LogP contribution in [0.1, 0.15) is 40.0 Å². The minimum atomic E-state index is -0.0300. The maximum Gasteiger partial charge on any atom is 0.0421 e. The molecule has 4 unspecified atom stereocenters. The van der Waals surface area contributed by atoms with Crippen molar-refractivity contribution in [1.82, 2.24) is 0 Å². The summed E-state index contributed by atoms with van der Waals surface area (Å²) in [4.78, 5) is -0.0300. The lowest BCUT2D eigenvalue weighted by Crippen LogP contribution is -2.33. The van der Waals surface area contributed by atoms with Gasteiger partial charge in [-0.05, 0) is 50.4 Å². The summed E-state index contributed by atoms with van der Waals surface area (Å²) in [5, 5.41) is 0. The molecule has 2 bridgehead atoms. The fraction of sp³-hybridized carbons (Fsp3) is 0.846. The Morgan fingerprint density at radius 1 is 1.36 bits per heavy atom. The summed E-state index contributed by atoms with van der Waals surface area (Å²) in [7, 11) is 0. The van der Waals surface area contributed by atoms with Gasteiger partial charge in [0.05, 0.1) is 0 Å². The summed E-state index contributed by atoms with van der Waals surface area (Å²) in [6.45, 7) is 6.64. The third kappa shape index (κ3) is 1.74. The van der Waals surface area contributed by atoms with Gasteiger partial charge in [-0.1, -0.05) is 25.5 Å². The second-order valence-electron chi connectivity index (χ2n) is 5.52. The average Bonchev–Trinajstić information content (AvgIpc) is 2.63. The van der Waals surface area contributed by atoms with Crippen molar-refractivity contribution in [2.24, 2.45) is 23.7 Å². The molecule has 0 N–H and O–H groups in total. The quantitative estimate of drug-likeness (QED) is 0.485. The van der Waals surface area contributed by atoms with Crippen molar-refractivity contribution in [3.8, 4) is 0 Å². The Morgan fingerprint density at radius 2 is 2.07 bits per heavy atom. The Labute approximate surface area is 92.7 Å². The molecule has 0 aliphatic heterocycles. The van der Waals surface area contributed by atoms with Crippen LogP contribution in [0.25, 0.3) is 0 Å². The standard InChI is InChI=1S/C13H21Cl/c1-4-12(13(2,3)14)11-8-9-5-6-10(11)7-9/h5-6,9-12H,4,7-8H2,1-3H3. The van der Waals surface area contributed by atoms with E-state index in [1.54, 1.807) is 0 Å². The fourth-order valence-electron chi connectivity index (χ4n) is 3.58. The molecule has 0 aromatic heterocycles. The van der Waals surface area contributed by atoms with Gasteiger partial charge in [-0.15, -0.1) is 11.6 Å². The Bertz CT molecular complexity index is 236. The van der Waals surface area contributed by atoms with Crippen molar-refractivity contribution >= 4 is 11.6 Å². The van der Waals surface area contributed by atoms with Gasteiger partial charge in [0.25, 0.3) is 0 Å². The van der Waals surface area contributed by atoms with Gasteiger partial charge in [0.2, 0.25) is 0 Å².